The van der Waals surface area contributed by atoms with Gasteiger partial charge in [-0.3, -0.25) is 19.4 Å². The second-order valence-corrected chi connectivity index (χ2v) is 9.23. The number of carbonyl (C=O) groups excluding carboxylic acids is 2. The first-order valence-electron chi connectivity index (χ1n) is 12.2. The van der Waals surface area contributed by atoms with Crippen LogP contribution in [-0.4, -0.2) is 83.6 Å². The average Bonchev–Trinajstić information content (AvgIpc) is 2.82. The van der Waals surface area contributed by atoms with Crippen molar-refractivity contribution in [1.82, 2.24) is 14.7 Å². The number of esters is 1. The molecule has 188 valence electrons. The molecule has 3 rings (SSSR count). The van der Waals surface area contributed by atoms with Crippen molar-refractivity contribution >= 4 is 11.9 Å². The van der Waals surface area contributed by atoms with Crippen LogP contribution in [0.15, 0.2) is 61.2 Å². The summed E-state index contributed by atoms with van der Waals surface area (Å²) in [6, 6.07) is 15.3. The Hall–Kier alpha value is -3.16. The van der Waals surface area contributed by atoms with Crippen LogP contribution in [0.25, 0.3) is 0 Å². The van der Waals surface area contributed by atoms with E-state index in [4.69, 9.17) is 4.74 Å². The summed E-state index contributed by atoms with van der Waals surface area (Å²) in [5, 5.41) is 10.2. The van der Waals surface area contributed by atoms with Gasteiger partial charge in [-0.2, -0.15) is 0 Å². The molecule has 1 N–H and O–H groups in total. The first-order chi connectivity index (χ1) is 16.7. The van der Waals surface area contributed by atoms with Gasteiger partial charge in [0.1, 0.15) is 12.3 Å². The quantitative estimate of drug-likeness (QED) is 0.437. The molecule has 1 amide bonds. The van der Waals surface area contributed by atoms with Crippen LogP contribution in [0, 0.1) is 0 Å². The number of phenolic OH excluding ortho intramolecular Hbond substituents is 1. The Kier molecular flexibility index (Phi) is 9.07. The van der Waals surface area contributed by atoms with Crippen LogP contribution in [0.4, 0.5) is 0 Å². The summed E-state index contributed by atoms with van der Waals surface area (Å²) in [4.78, 5) is 31.2. The number of benzene rings is 2. The highest BCUT2D eigenvalue weighted by Crippen LogP contribution is 2.35. The highest BCUT2D eigenvalue weighted by molar-refractivity contribution is 5.96. The van der Waals surface area contributed by atoms with Crippen LogP contribution >= 0.6 is 0 Å². The molecule has 35 heavy (non-hydrogen) atoms. The zero-order valence-electron chi connectivity index (χ0n) is 21.2. The third-order valence-corrected chi connectivity index (χ3v) is 6.51. The SMILES string of the molecule is C=CCN1C[C@@H](C)N(C(c2cccc(O)c2)c2cccc(C(=O)N(C)CC(=O)OCC)c2)C[C@H]1C. The predicted molar refractivity (Wildman–Crippen MR) is 137 cm³/mol. The van der Waals surface area contributed by atoms with E-state index in [-0.39, 0.29) is 36.9 Å². The molecule has 0 radical (unpaired) electrons. The summed E-state index contributed by atoms with van der Waals surface area (Å²) in [5.41, 5.74) is 2.43. The van der Waals surface area contributed by atoms with Crippen molar-refractivity contribution < 1.29 is 19.4 Å². The van der Waals surface area contributed by atoms with Crippen molar-refractivity contribution in [3.8, 4) is 5.75 Å². The first kappa shape index (κ1) is 26.4. The maximum atomic E-state index is 13.1. The monoisotopic (exact) mass is 479 g/mol. The summed E-state index contributed by atoms with van der Waals surface area (Å²) in [5.74, 6) is -0.468. The standard InChI is InChI=1S/C28H37N3O4/c1-6-14-30-17-21(4)31(18-20(30)3)27(23-11-9-13-25(32)16-23)22-10-8-12-24(15-22)28(34)29(5)19-26(33)35-7-2/h6,8-13,15-16,20-21,27,32H,1,7,14,17-19H2,2-5H3/t20-,21-,27?/m1/s1. The molecule has 1 aliphatic heterocycles. The normalized spacial score (nSPS) is 19.7. The van der Waals surface area contributed by atoms with E-state index in [0.717, 1.165) is 30.8 Å². The minimum atomic E-state index is -0.433. The van der Waals surface area contributed by atoms with Crippen LogP contribution in [-0.2, 0) is 9.53 Å². The van der Waals surface area contributed by atoms with Gasteiger partial charge in [-0.15, -0.1) is 6.58 Å². The fraction of sp³-hybridized carbons (Fsp3) is 0.429. The molecule has 0 saturated carbocycles. The summed E-state index contributed by atoms with van der Waals surface area (Å²) < 4.78 is 4.98. The number of ether oxygens (including phenoxy) is 1. The highest BCUT2D eigenvalue weighted by atomic mass is 16.5. The summed E-state index contributed by atoms with van der Waals surface area (Å²) in [7, 11) is 1.60. The lowest BCUT2D eigenvalue weighted by Crippen LogP contribution is -2.57. The Morgan fingerprint density at radius 1 is 1.14 bits per heavy atom. The zero-order valence-corrected chi connectivity index (χ0v) is 21.2. The van der Waals surface area contributed by atoms with Crippen molar-refractivity contribution in [2.24, 2.45) is 0 Å². The topological polar surface area (TPSA) is 73.3 Å². The molecule has 0 spiro atoms. The van der Waals surface area contributed by atoms with Gasteiger partial charge < -0.3 is 14.7 Å². The number of carbonyl (C=O) groups is 2. The highest BCUT2D eigenvalue weighted by Gasteiger charge is 2.34. The summed E-state index contributed by atoms with van der Waals surface area (Å²) >= 11 is 0. The van der Waals surface area contributed by atoms with Gasteiger partial charge in [-0.1, -0.05) is 30.3 Å². The third kappa shape index (κ3) is 6.50. The van der Waals surface area contributed by atoms with Crippen LogP contribution in [0.2, 0.25) is 0 Å². The van der Waals surface area contributed by atoms with Gasteiger partial charge >= 0.3 is 5.97 Å². The Morgan fingerprint density at radius 3 is 2.49 bits per heavy atom. The Labute approximate surface area is 208 Å². The Balaban J connectivity index is 1.95. The number of rotatable bonds is 9. The van der Waals surface area contributed by atoms with E-state index in [2.05, 4.69) is 30.2 Å². The molecule has 1 heterocycles. The lowest BCUT2D eigenvalue weighted by Gasteiger charge is -2.47. The number of hydrogen-bond acceptors (Lipinski definition) is 6. The lowest BCUT2D eigenvalue weighted by molar-refractivity contribution is -0.143. The molecule has 1 saturated heterocycles. The number of aromatic hydroxyl groups is 1. The van der Waals surface area contributed by atoms with Crippen LogP contribution in [0.5, 0.6) is 5.75 Å². The minimum absolute atomic E-state index is 0.104. The van der Waals surface area contributed by atoms with E-state index in [0.29, 0.717) is 11.6 Å². The van der Waals surface area contributed by atoms with Crippen molar-refractivity contribution in [3.05, 3.63) is 77.9 Å². The molecular weight excluding hydrogens is 442 g/mol. The van der Waals surface area contributed by atoms with E-state index in [1.807, 2.05) is 36.4 Å². The number of hydrogen-bond donors (Lipinski definition) is 1. The number of nitrogens with zero attached hydrogens (tertiary/aromatic N) is 3. The van der Waals surface area contributed by atoms with Gasteiger partial charge in [0.15, 0.2) is 0 Å². The number of piperazine rings is 1. The van der Waals surface area contributed by atoms with Crippen LogP contribution < -0.4 is 0 Å². The average molecular weight is 480 g/mol. The van der Waals surface area contributed by atoms with E-state index >= 15 is 0 Å². The molecule has 7 heteroatoms. The molecular formula is C28H37N3O4. The van der Waals surface area contributed by atoms with Crippen molar-refractivity contribution in [2.45, 2.75) is 38.9 Å². The van der Waals surface area contributed by atoms with Crippen molar-refractivity contribution in [2.75, 3.05) is 39.8 Å². The fourth-order valence-corrected chi connectivity index (χ4v) is 4.81. The molecule has 2 aromatic carbocycles. The summed E-state index contributed by atoms with van der Waals surface area (Å²) in [6.45, 7) is 12.8. The van der Waals surface area contributed by atoms with E-state index in [1.165, 1.54) is 4.90 Å². The smallest absolute Gasteiger partial charge is 0.325 e. The van der Waals surface area contributed by atoms with E-state index in [9.17, 15) is 14.7 Å². The molecule has 1 fully saturated rings. The predicted octanol–water partition coefficient (Wildman–Crippen LogP) is 3.70. The maximum Gasteiger partial charge on any atom is 0.325 e. The number of amides is 1. The Bertz CT molecular complexity index is 1040. The van der Waals surface area contributed by atoms with E-state index in [1.54, 1.807) is 32.2 Å². The van der Waals surface area contributed by atoms with Gasteiger partial charge in [0.25, 0.3) is 5.91 Å². The summed E-state index contributed by atoms with van der Waals surface area (Å²) in [6.07, 6.45) is 1.94. The van der Waals surface area contributed by atoms with Crippen molar-refractivity contribution in [1.29, 1.82) is 0 Å². The molecule has 3 atom stereocenters. The van der Waals surface area contributed by atoms with Crippen LogP contribution in [0.1, 0.15) is 48.3 Å². The molecule has 7 nitrogen and oxygen atoms in total. The zero-order chi connectivity index (χ0) is 25.5. The van der Waals surface area contributed by atoms with Crippen molar-refractivity contribution in [3.63, 3.8) is 0 Å². The van der Waals surface area contributed by atoms with Gasteiger partial charge in [0, 0.05) is 44.3 Å². The fourth-order valence-electron chi connectivity index (χ4n) is 4.81. The number of phenols is 1. The van der Waals surface area contributed by atoms with Gasteiger partial charge in [0.2, 0.25) is 0 Å². The maximum absolute atomic E-state index is 13.1. The largest absolute Gasteiger partial charge is 0.508 e. The molecule has 0 bridgehead atoms. The van der Waals surface area contributed by atoms with Gasteiger partial charge in [-0.05, 0) is 56.2 Å². The first-order valence-corrected chi connectivity index (χ1v) is 12.2. The Morgan fingerprint density at radius 2 is 1.83 bits per heavy atom. The second kappa shape index (κ2) is 12.0. The van der Waals surface area contributed by atoms with Gasteiger partial charge in [-0.25, -0.2) is 0 Å². The second-order valence-electron chi connectivity index (χ2n) is 9.23. The molecule has 1 aliphatic rings. The molecule has 0 aliphatic carbocycles. The van der Waals surface area contributed by atoms with Gasteiger partial charge in [0.05, 0.1) is 12.6 Å². The lowest BCUT2D eigenvalue weighted by atomic mass is 9.92. The minimum Gasteiger partial charge on any atom is -0.508 e. The molecule has 1 unspecified atom stereocenters. The third-order valence-electron chi connectivity index (χ3n) is 6.51. The van der Waals surface area contributed by atoms with E-state index < -0.39 is 5.97 Å². The molecule has 0 aromatic heterocycles. The number of likely N-dealkylation sites (N-methyl/N-ethyl adjacent to an activating group) is 1. The van der Waals surface area contributed by atoms with Crippen LogP contribution in [0.3, 0.4) is 0 Å². The molecule has 2 aromatic rings.